The predicted molar refractivity (Wildman–Crippen MR) is 77.8 cm³/mol. The zero-order valence-electron chi connectivity index (χ0n) is 11.3. The summed E-state index contributed by atoms with van der Waals surface area (Å²) in [5.74, 6) is -0.170. The zero-order valence-corrected chi connectivity index (χ0v) is 12.9. The molecule has 19 heavy (non-hydrogen) atoms. The van der Waals surface area contributed by atoms with Crippen LogP contribution in [0.3, 0.4) is 0 Å². The highest BCUT2D eigenvalue weighted by Gasteiger charge is 2.21. The van der Waals surface area contributed by atoms with Crippen molar-refractivity contribution in [2.24, 2.45) is 0 Å². The van der Waals surface area contributed by atoms with E-state index in [4.69, 9.17) is 4.74 Å². The molecule has 1 N–H and O–H groups in total. The van der Waals surface area contributed by atoms with E-state index in [1.54, 1.807) is 0 Å². The number of nitrogens with one attached hydrogen (secondary N) is 1. The summed E-state index contributed by atoms with van der Waals surface area (Å²) in [6, 6.07) is 5.25. The molecule has 1 saturated heterocycles. The van der Waals surface area contributed by atoms with Crippen molar-refractivity contribution in [3.05, 3.63) is 34.1 Å². The summed E-state index contributed by atoms with van der Waals surface area (Å²) in [6.45, 7) is 5.34. The molecule has 0 radical (unpaired) electrons. The number of likely N-dealkylation sites (N-methyl/N-ethyl adjacent to an activating group) is 1. The highest BCUT2D eigenvalue weighted by atomic mass is 79.9. The summed E-state index contributed by atoms with van der Waals surface area (Å²) in [5, 5.41) is 3.31. The minimum absolute atomic E-state index is 0.0265. The van der Waals surface area contributed by atoms with Crippen LogP contribution < -0.4 is 5.32 Å². The second-order valence-corrected chi connectivity index (χ2v) is 5.89. The Morgan fingerprint density at radius 2 is 2.37 bits per heavy atom. The van der Waals surface area contributed by atoms with Crippen molar-refractivity contribution in [2.45, 2.75) is 19.1 Å². The molecule has 0 amide bonds. The second kappa shape index (κ2) is 6.79. The maximum atomic E-state index is 13.9. The largest absolute Gasteiger partial charge is 0.374 e. The fraction of sp³-hybridized carbons (Fsp3) is 0.571. The number of hydrogen-bond acceptors (Lipinski definition) is 3. The summed E-state index contributed by atoms with van der Waals surface area (Å²) >= 11 is 3.28. The number of halogens is 2. The molecule has 3 nitrogen and oxygen atoms in total. The van der Waals surface area contributed by atoms with Crippen molar-refractivity contribution in [1.29, 1.82) is 0 Å². The zero-order chi connectivity index (χ0) is 13.8. The van der Waals surface area contributed by atoms with Gasteiger partial charge in [0.05, 0.1) is 12.7 Å². The molecule has 1 aliphatic heterocycles. The third-order valence-electron chi connectivity index (χ3n) is 3.57. The molecule has 0 saturated carbocycles. The van der Waals surface area contributed by atoms with E-state index in [0.29, 0.717) is 0 Å². The van der Waals surface area contributed by atoms with Crippen molar-refractivity contribution < 1.29 is 9.13 Å². The van der Waals surface area contributed by atoms with Gasteiger partial charge in [0.25, 0.3) is 0 Å². The van der Waals surface area contributed by atoms with E-state index in [1.807, 2.05) is 26.1 Å². The van der Waals surface area contributed by atoms with Gasteiger partial charge in [-0.15, -0.1) is 0 Å². The van der Waals surface area contributed by atoms with Crippen molar-refractivity contribution >= 4 is 15.9 Å². The van der Waals surface area contributed by atoms with E-state index in [9.17, 15) is 4.39 Å². The standard InChI is InChI=1S/C14H20BrFN2O/c1-10(13-4-3-11(15)7-14(13)16)18(2)9-12-8-17-5-6-19-12/h3-4,7,10,12,17H,5-6,8-9H2,1-2H3. The molecule has 106 valence electrons. The average molecular weight is 331 g/mol. The summed E-state index contributed by atoms with van der Waals surface area (Å²) in [5.41, 5.74) is 0.717. The van der Waals surface area contributed by atoms with Crippen molar-refractivity contribution in [3.63, 3.8) is 0 Å². The Labute approximate surface area is 122 Å². The first-order valence-electron chi connectivity index (χ1n) is 6.55. The molecule has 2 atom stereocenters. The van der Waals surface area contributed by atoms with Gasteiger partial charge in [0, 0.05) is 35.7 Å². The Morgan fingerprint density at radius 3 is 3.00 bits per heavy atom. The number of hydrogen-bond donors (Lipinski definition) is 1. The fourth-order valence-electron chi connectivity index (χ4n) is 2.29. The normalized spacial score (nSPS) is 21.6. The third-order valence-corrected chi connectivity index (χ3v) is 4.06. The van der Waals surface area contributed by atoms with Crippen LogP contribution in [0.15, 0.2) is 22.7 Å². The number of morpholine rings is 1. The van der Waals surface area contributed by atoms with Crippen LogP contribution in [-0.4, -0.2) is 44.3 Å². The first kappa shape index (κ1) is 14.9. The van der Waals surface area contributed by atoms with Gasteiger partial charge >= 0.3 is 0 Å². The highest BCUT2D eigenvalue weighted by molar-refractivity contribution is 9.10. The summed E-state index contributed by atoms with van der Waals surface area (Å²) in [7, 11) is 2.00. The Balaban J connectivity index is 1.99. The number of ether oxygens (including phenoxy) is 1. The molecule has 5 heteroatoms. The van der Waals surface area contributed by atoms with Crippen LogP contribution in [0.4, 0.5) is 4.39 Å². The van der Waals surface area contributed by atoms with Gasteiger partial charge in [-0.1, -0.05) is 22.0 Å². The molecular formula is C14H20BrFN2O. The van der Waals surface area contributed by atoms with Crippen LogP contribution in [0.25, 0.3) is 0 Å². The number of rotatable bonds is 4. The predicted octanol–water partition coefficient (Wildman–Crippen LogP) is 2.57. The molecule has 1 aromatic rings. The molecule has 0 aromatic heterocycles. The maximum absolute atomic E-state index is 13.9. The van der Waals surface area contributed by atoms with Gasteiger partial charge in [-0.2, -0.15) is 0 Å². The van der Waals surface area contributed by atoms with Gasteiger partial charge in [-0.3, -0.25) is 4.90 Å². The highest BCUT2D eigenvalue weighted by Crippen LogP contribution is 2.24. The Kier molecular flexibility index (Phi) is 5.33. The average Bonchev–Trinajstić information content (AvgIpc) is 2.39. The van der Waals surface area contributed by atoms with Gasteiger partial charge in [0.1, 0.15) is 5.82 Å². The summed E-state index contributed by atoms with van der Waals surface area (Å²) in [4.78, 5) is 2.13. The maximum Gasteiger partial charge on any atom is 0.129 e. The van der Waals surface area contributed by atoms with Crippen molar-refractivity contribution in [1.82, 2.24) is 10.2 Å². The van der Waals surface area contributed by atoms with Gasteiger partial charge in [0.15, 0.2) is 0 Å². The third kappa shape index (κ3) is 3.99. The number of nitrogens with zero attached hydrogens (tertiary/aromatic N) is 1. The second-order valence-electron chi connectivity index (χ2n) is 4.98. The molecule has 1 heterocycles. The van der Waals surface area contributed by atoms with Crippen LogP contribution in [0.2, 0.25) is 0 Å². The molecule has 0 spiro atoms. The summed E-state index contributed by atoms with van der Waals surface area (Å²) < 4.78 is 20.4. The van der Waals surface area contributed by atoms with Crippen LogP contribution >= 0.6 is 15.9 Å². The molecule has 0 bridgehead atoms. The van der Waals surface area contributed by atoms with Crippen molar-refractivity contribution in [2.75, 3.05) is 33.3 Å². The first-order chi connectivity index (χ1) is 9.08. The molecule has 0 aliphatic carbocycles. The van der Waals surface area contributed by atoms with E-state index in [1.165, 1.54) is 6.07 Å². The molecule has 1 aliphatic rings. The Bertz CT molecular complexity index is 424. The van der Waals surface area contributed by atoms with Crippen LogP contribution in [0.1, 0.15) is 18.5 Å². The lowest BCUT2D eigenvalue weighted by molar-refractivity contribution is 0.00370. The quantitative estimate of drug-likeness (QED) is 0.918. The summed E-state index contributed by atoms with van der Waals surface area (Å²) in [6.07, 6.45) is 0.180. The molecule has 2 rings (SSSR count). The van der Waals surface area contributed by atoms with Crippen LogP contribution in [0, 0.1) is 5.82 Å². The van der Waals surface area contributed by atoms with Crippen molar-refractivity contribution in [3.8, 4) is 0 Å². The minimum Gasteiger partial charge on any atom is -0.374 e. The van der Waals surface area contributed by atoms with Gasteiger partial charge in [-0.05, 0) is 26.1 Å². The lowest BCUT2D eigenvalue weighted by Crippen LogP contribution is -2.44. The minimum atomic E-state index is -0.170. The van der Waals surface area contributed by atoms with E-state index >= 15 is 0 Å². The van der Waals surface area contributed by atoms with E-state index in [-0.39, 0.29) is 18.0 Å². The van der Waals surface area contributed by atoms with E-state index in [0.717, 1.165) is 36.3 Å². The fourth-order valence-corrected chi connectivity index (χ4v) is 2.63. The van der Waals surface area contributed by atoms with E-state index in [2.05, 4.69) is 26.1 Å². The smallest absolute Gasteiger partial charge is 0.129 e. The van der Waals surface area contributed by atoms with Crippen LogP contribution in [0.5, 0.6) is 0 Å². The monoisotopic (exact) mass is 330 g/mol. The topological polar surface area (TPSA) is 24.5 Å². The number of benzene rings is 1. The Morgan fingerprint density at radius 1 is 1.58 bits per heavy atom. The molecule has 2 unspecified atom stereocenters. The van der Waals surface area contributed by atoms with Crippen LogP contribution in [-0.2, 0) is 4.74 Å². The molecular weight excluding hydrogens is 311 g/mol. The molecule has 1 fully saturated rings. The van der Waals surface area contributed by atoms with Gasteiger partial charge in [-0.25, -0.2) is 4.39 Å². The SMILES string of the molecule is CC(c1ccc(Br)cc1F)N(C)CC1CNCCO1. The lowest BCUT2D eigenvalue weighted by Gasteiger charge is -2.31. The molecule has 1 aromatic carbocycles. The van der Waals surface area contributed by atoms with Gasteiger partial charge < -0.3 is 10.1 Å². The first-order valence-corrected chi connectivity index (χ1v) is 7.34. The Hall–Kier alpha value is -0.490. The van der Waals surface area contributed by atoms with E-state index < -0.39 is 0 Å². The van der Waals surface area contributed by atoms with Gasteiger partial charge in [0.2, 0.25) is 0 Å². The lowest BCUT2D eigenvalue weighted by atomic mass is 10.1.